The quantitative estimate of drug-likeness (QED) is 0.444. The van der Waals surface area contributed by atoms with Crippen LogP contribution in [0.3, 0.4) is 0 Å². The monoisotopic (exact) mass is 497 g/mol. The molecule has 1 amide bonds. The number of H-pyrrole nitrogens is 1. The van der Waals surface area contributed by atoms with E-state index in [-0.39, 0.29) is 35.3 Å². The third kappa shape index (κ3) is 4.09. The first kappa shape index (κ1) is 21.9. The van der Waals surface area contributed by atoms with Crippen LogP contribution in [0.2, 0.25) is 0 Å². The number of hydrogen-bond donors (Lipinski definition) is 3. The average molecular weight is 497 g/mol. The highest BCUT2D eigenvalue weighted by atomic mass is 19.4. The number of nitrogens with one attached hydrogen (secondary N) is 3. The molecule has 15 heteroatoms. The molecule has 4 fully saturated rings. The average Bonchev–Trinajstić information content (AvgIpc) is 3.42. The van der Waals surface area contributed by atoms with Gasteiger partial charge in [0.25, 0.3) is 0 Å². The van der Waals surface area contributed by atoms with Gasteiger partial charge in [0.2, 0.25) is 11.8 Å². The van der Waals surface area contributed by atoms with Crippen LogP contribution in [0.15, 0.2) is 24.5 Å². The molecule has 3 aromatic heterocycles. The largest absolute Gasteiger partial charge is 0.574 e. The van der Waals surface area contributed by atoms with Gasteiger partial charge in [0.15, 0.2) is 18.1 Å². The summed E-state index contributed by atoms with van der Waals surface area (Å²) in [4.78, 5) is 20.0. The zero-order chi connectivity index (χ0) is 24.4. The van der Waals surface area contributed by atoms with E-state index in [1.54, 1.807) is 0 Å². The Bertz CT molecular complexity index is 1260. The van der Waals surface area contributed by atoms with Crippen molar-refractivity contribution in [3.8, 4) is 5.88 Å². The van der Waals surface area contributed by atoms with Crippen molar-refractivity contribution in [2.24, 2.45) is 5.92 Å². The Labute approximate surface area is 194 Å². The molecule has 0 unspecified atom stereocenters. The van der Waals surface area contributed by atoms with Crippen LogP contribution in [0.4, 0.5) is 34.1 Å². The molecule has 3 aromatic rings. The SMILES string of the molecule is O=C(NC12CC(C1)C2)O[C@@H]1CO[C@H](c2cc(Nc3nccc4nc(OC(F)(F)F)cn34)n[nH]2)[C@@H]1F. The molecule has 11 nitrogen and oxygen atoms in total. The summed E-state index contributed by atoms with van der Waals surface area (Å²) in [6.45, 7) is -0.117. The van der Waals surface area contributed by atoms with Gasteiger partial charge in [-0.15, -0.1) is 13.2 Å². The normalized spacial score (nSPS) is 29.4. The predicted octanol–water partition coefficient (Wildman–Crippen LogP) is 3.15. The van der Waals surface area contributed by atoms with Gasteiger partial charge in [-0.1, -0.05) is 0 Å². The summed E-state index contributed by atoms with van der Waals surface area (Å²) in [5.41, 5.74) is 0.254. The highest BCUT2D eigenvalue weighted by Gasteiger charge is 2.58. The fourth-order valence-electron chi connectivity index (χ4n) is 4.77. The number of aromatic nitrogens is 5. The molecule has 35 heavy (non-hydrogen) atoms. The molecular formula is C20H19F4N7O4. The molecule has 1 aliphatic heterocycles. The number of ether oxygens (including phenoxy) is 3. The highest BCUT2D eigenvalue weighted by molar-refractivity contribution is 5.69. The summed E-state index contributed by atoms with van der Waals surface area (Å²) in [5, 5.41) is 12.3. The molecule has 7 rings (SSSR count). The summed E-state index contributed by atoms with van der Waals surface area (Å²) in [6.07, 6.45) is -4.11. The zero-order valence-electron chi connectivity index (χ0n) is 17.9. The molecule has 186 valence electrons. The van der Waals surface area contributed by atoms with Crippen LogP contribution >= 0.6 is 0 Å². The van der Waals surface area contributed by atoms with E-state index in [2.05, 4.69) is 35.5 Å². The molecule has 3 aliphatic carbocycles. The second-order valence-corrected chi connectivity index (χ2v) is 8.98. The van der Waals surface area contributed by atoms with Crippen molar-refractivity contribution in [1.82, 2.24) is 29.9 Å². The maximum absolute atomic E-state index is 15.0. The fraction of sp³-hybridized carbons (Fsp3) is 0.500. The van der Waals surface area contributed by atoms with Gasteiger partial charge in [-0.25, -0.2) is 14.2 Å². The third-order valence-electron chi connectivity index (χ3n) is 6.47. The number of alkyl carbamates (subject to hydrolysis) is 1. The number of alkyl halides is 4. The summed E-state index contributed by atoms with van der Waals surface area (Å²) in [5.74, 6) is 0.326. The van der Waals surface area contributed by atoms with Crippen LogP contribution < -0.4 is 15.4 Å². The fourth-order valence-corrected chi connectivity index (χ4v) is 4.77. The van der Waals surface area contributed by atoms with E-state index >= 15 is 0 Å². The van der Waals surface area contributed by atoms with Gasteiger partial charge < -0.3 is 24.8 Å². The van der Waals surface area contributed by atoms with Crippen molar-refractivity contribution in [2.75, 3.05) is 11.9 Å². The van der Waals surface area contributed by atoms with Gasteiger partial charge in [0, 0.05) is 17.8 Å². The van der Waals surface area contributed by atoms with Crippen molar-refractivity contribution < 1.29 is 36.6 Å². The molecule has 0 radical (unpaired) electrons. The summed E-state index contributed by atoms with van der Waals surface area (Å²) in [6, 6.07) is 2.86. The maximum atomic E-state index is 15.0. The Morgan fingerprint density at radius 3 is 2.83 bits per heavy atom. The molecule has 3 saturated carbocycles. The van der Waals surface area contributed by atoms with Crippen LogP contribution in [0.5, 0.6) is 5.88 Å². The summed E-state index contributed by atoms with van der Waals surface area (Å²) < 4.78 is 68.3. The van der Waals surface area contributed by atoms with Gasteiger partial charge in [-0.2, -0.15) is 10.1 Å². The Kier molecular flexibility index (Phi) is 4.81. The third-order valence-corrected chi connectivity index (χ3v) is 6.47. The van der Waals surface area contributed by atoms with Crippen molar-refractivity contribution in [1.29, 1.82) is 0 Å². The zero-order valence-corrected chi connectivity index (χ0v) is 17.9. The van der Waals surface area contributed by atoms with Gasteiger partial charge >= 0.3 is 12.5 Å². The van der Waals surface area contributed by atoms with Gasteiger partial charge in [0.1, 0.15) is 11.8 Å². The van der Waals surface area contributed by atoms with E-state index in [4.69, 9.17) is 9.47 Å². The second kappa shape index (κ2) is 7.69. The number of nitrogens with zero attached hydrogens (tertiary/aromatic N) is 4. The van der Waals surface area contributed by atoms with Crippen molar-refractivity contribution in [2.45, 2.75) is 49.5 Å². The van der Waals surface area contributed by atoms with Gasteiger partial charge in [-0.05, 0) is 31.2 Å². The molecule has 2 bridgehead atoms. The highest BCUT2D eigenvalue weighted by Crippen LogP contribution is 2.57. The topological polar surface area (TPSA) is 128 Å². The Morgan fingerprint density at radius 1 is 1.31 bits per heavy atom. The van der Waals surface area contributed by atoms with Crippen molar-refractivity contribution >= 4 is 23.5 Å². The van der Waals surface area contributed by atoms with E-state index in [1.807, 2.05) is 0 Å². The number of amides is 1. The molecule has 0 aromatic carbocycles. The first-order valence-corrected chi connectivity index (χ1v) is 10.8. The van der Waals surface area contributed by atoms with Crippen LogP contribution in [0.25, 0.3) is 5.65 Å². The lowest BCUT2D eigenvalue weighted by Crippen LogP contribution is -2.68. The first-order valence-electron chi connectivity index (χ1n) is 10.8. The Balaban J connectivity index is 1.11. The van der Waals surface area contributed by atoms with E-state index in [9.17, 15) is 22.4 Å². The molecular weight excluding hydrogens is 478 g/mol. The molecule has 3 atom stereocenters. The minimum absolute atomic E-state index is 0.0979. The van der Waals surface area contributed by atoms with Crippen LogP contribution in [-0.2, 0) is 9.47 Å². The molecule has 3 N–H and O–H groups in total. The van der Waals surface area contributed by atoms with Crippen LogP contribution in [0.1, 0.15) is 31.1 Å². The summed E-state index contributed by atoms with van der Waals surface area (Å²) >= 11 is 0. The lowest BCUT2D eigenvalue weighted by atomic mass is 9.50. The number of aromatic amines is 1. The lowest BCUT2D eigenvalue weighted by molar-refractivity contribution is -0.276. The van der Waals surface area contributed by atoms with Crippen molar-refractivity contribution in [3.05, 3.63) is 30.2 Å². The molecule has 4 aliphatic rings. The smallest absolute Gasteiger partial charge is 0.441 e. The standard InChI is InChI=1S/C20H19F4N7O4/c21-15-11(34-18(32)28-19-4-9(5-19)6-19)8-33-16(15)10-3-12(30-29-10)26-17-25-2-1-13-27-14(7-31(13)17)35-20(22,23)24/h1-3,7,9,11,15-16H,4-6,8H2,(H,28,32)(H2,25,26,29,30)/t9?,11-,15-,16-,19?/m1/s1. The van der Waals surface area contributed by atoms with Gasteiger partial charge in [0.05, 0.1) is 18.5 Å². The minimum Gasteiger partial charge on any atom is -0.441 e. The van der Waals surface area contributed by atoms with E-state index < -0.39 is 36.7 Å². The number of halogens is 4. The van der Waals surface area contributed by atoms with Gasteiger partial charge in [-0.3, -0.25) is 9.50 Å². The predicted molar refractivity (Wildman–Crippen MR) is 109 cm³/mol. The van der Waals surface area contributed by atoms with Crippen LogP contribution in [0, 0.1) is 5.92 Å². The van der Waals surface area contributed by atoms with E-state index in [0.29, 0.717) is 5.92 Å². The number of anilines is 2. The van der Waals surface area contributed by atoms with Crippen molar-refractivity contribution in [3.63, 3.8) is 0 Å². The van der Waals surface area contributed by atoms with E-state index in [1.165, 1.54) is 22.7 Å². The second-order valence-electron chi connectivity index (χ2n) is 8.98. The Morgan fingerprint density at radius 2 is 2.11 bits per heavy atom. The number of imidazole rings is 1. The molecule has 0 spiro atoms. The maximum Gasteiger partial charge on any atom is 0.574 e. The minimum atomic E-state index is -4.89. The molecule has 4 heterocycles. The lowest BCUT2D eigenvalue weighted by Gasteiger charge is -2.61. The van der Waals surface area contributed by atoms with E-state index in [0.717, 1.165) is 25.5 Å². The number of fused-ring (bicyclic) bond motifs is 1. The number of hydrogen-bond acceptors (Lipinski definition) is 8. The molecule has 1 saturated heterocycles. The number of carbonyl (C=O) groups is 1. The number of carbonyl (C=O) groups excluding carboxylic acids is 1. The summed E-state index contributed by atoms with van der Waals surface area (Å²) in [7, 11) is 0. The number of rotatable bonds is 6. The Hall–Kier alpha value is -3.62. The van der Waals surface area contributed by atoms with Crippen LogP contribution in [-0.4, -0.2) is 61.4 Å². The first-order chi connectivity index (χ1) is 16.7.